The number of hydrogen-bond acceptors (Lipinski definition) is 2. The summed E-state index contributed by atoms with van der Waals surface area (Å²) in [7, 11) is 0. The third kappa shape index (κ3) is 3.56. The molecule has 0 aliphatic heterocycles. The van der Waals surface area contributed by atoms with Crippen molar-refractivity contribution in [3.63, 3.8) is 0 Å². The minimum absolute atomic E-state index is 0.718. The van der Waals surface area contributed by atoms with E-state index in [2.05, 4.69) is 12.6 Å². The van der Waals surface area contributed by atoms with E-state index in [1.807, 2.05) is 0 Å². The van der Waals surface area contributed by atoms with E-state index >= 15 is 0 Å². The zero-order chi connectivity index (χ0) is 4.99. The summed E-state index contributed by atoms with van der Waals surface area (Å²) in [5, 5.41) is 1.23. The molecule has 0 aliphatic carbocycles. The van der Waals surface area contributed by atoms with Gasteiger partial charge in [-0.15, -0.1) is 0 Å². The molecule has 1 radical (unpaired) electrons. The number of thiol groups is 1. The molecule has 33 valence electrons. The van der Waals surface area contributed by atoms with Crippen LogP contribution in [0.3, 0.4) is 0 Å². The van der Waals surface area contributed by atoms with Gasteiger partial charge in [0, 0.05) is 6.08 Å². The number of hydrogen-bond donors (Lipinski definition) is 1. The van der Waals surface area contributed by atoms with Gasteiger partial charge in [0.05, 0.1) is 0 Å². The van der Waals surface area contributed by atoms with E-state index in [0.29, 0.717) is 0 Å². The first-order valence-corrected chi connectivity index (χ1v) is 1.85. The van der Waals surface area contributed by atoms with Gasteiger partial charge in [-0.25, -0.2) is 0 Å². The van der Waals surface area contributed by atoms with Crippen LogP contribution in [0.25, 0.3) is 0 Å². The molecule has 0 aromatic carbocycles. The average Bonchev–Trinajstić information content (AvgIpc) is 1.35. The normalized spacial score (nSPS) is 9.50. The summed E-state index contributed by atoms with van der Waals surface area (Å²) in [6.07, 6.45) is 1.06. The zero-order valence-electron chi connectivity index (χ0n) is 3.01. The van der Waals surface area contributed by atoms with Crippen LogP contribution in [0.5, 0.6) is 0 Å². The molecule has 0 saturated heterocycles. The molecule has 0 heterocycles. The lowest BCUT2D eigenvalue weighted by atomic mass is 10.6. The number of rotatable bonds is 1. The van der Waals surface area contributed by atoms with Crippen molar-refractivity contribution < 1.29 is 4.79 Å². The molecule has 2 nitrogen and oxygen atoms in total. The Morgan fingerprint density at radius 2 is 2.33 bits per heavy atom. The maximum absolute atomic E-state index is 9.57. The molecule has 0 bridgehead atoms. The highest BCUT2D eigenvalue weighted by Crippen LogP contribution is 1.72. The van der Waals surface area contributed by atoms with E-state index in [4.69, 9.17) is 5.73 Å². The quantitative estimate of drug-likeness (QED) is 0.374. The monoisotopic (exact) mass is 102 g/mol. The van der Waals surface area contributed by atoms with Gasteiger partial charge in [0.15, 0.2) is 0 Å². The van der Waals surface area contributed by atoms with Crippen molar-refractivity contribution in [1.29, 1.82) is 0 Å². The topological polar surface area (TPSA) is 40.9 Å². The van der Waals surface area contributed by atoms with Gasteiger partial charge in [-0.1, -0.05) is 0 Å². The maximum Gasteiger partial charge on any atom is 0.262 e. The number of carbonyl (C=O) groups is 1. The molecular formula is C3H4NOS. The third-order valence-electron chi connectivity index (χ3n) is 0.226. The second kappa shape index (κ2) is 2.78. The SMILES string of the molecule is [NH]C(=O)C=CS. The summed E-state index contributed by atoms with van der Waals surface area (Å²) in [5.74, 6) is -0.718. The van der Waals surface area contributed by atoms with Gasteiger partial charge in [-0.3, -0.25) is 10.5 Å². The van der Waals surface area contributed by atoms with Gasteiger partial charge in [0.1, 0.15) is 0 Å². The lowest BCUT2D eigenvalue weighted by Gasteiger charge is -1.66. The molecule has 0 aromatic rings. The lowest BCUT2D eigenvalue weighted by Crippen LogP contribution is -1.87. The Bertz CT molecular complexity index is 78.9. The van der Waals surface area contributed by atoms with Crippen molar-refractivity contribution in [2.24, 2.45) is 0 Å². The van der Waals surface area contributed by atoms with Gasteiger partial charge in [-0.05, 0) is 5.41 Å². The second-order valence-corrected chi connectivity index (χ2v) is 0.978. The highest BCUT2D eigenvalue weighted by atomic mass is 32.1. The Kier molecular flexibility index (Phi) is 2.58. The first kappa shape index (κ1) is 5.56. The van der Waals surface area contributed by atoms with Crippen LogP contribution in [0.4, 0.5) is 0 Å². The third-order valence-corrected chi connectivity index (χ3v) is 0.375. The Balaban J connectivity index is 3.30. The van der Waals surface area contributed by atoms with Gasteiger partial charge in [0.25, 0.3) is 5.91 Å². The Morgan fingerprint density at radius 1 is 1.83 bits per heavy atom. The van der Waals surface area contributed by atoms with Crippen LogP contribution in [-0.2, 0) is 4.79 Å². The first-order chi connectivity index (χ1) is 2.77. The first-order valence-electron chi connectivity index (χ1n) is 1.33. The summed E-state index contributed by atoms with van der Waals surface area (Å²) >= 11 is 3.54. The fourth-order valence-corrected chi connectivity index (χ4v) is 0.203. The average molecular weight is 102 g/mol. The fourth-order valence-electron chi connectivity index (χ4n) is 0.0677. The molecule has 6 heavy (non-hydrogen) atoms. The minimum atomic E-state index is -0.718. The van der Waals surface area contributed by atoms with Crippen LogP contribution < -0.4 is 5.73 Å². The van der Waals surface area contributed by atoms with Crippen molar-refractivity contribution in [3.8, 4) is 0 Å². The lowest BCUT2D eigenvalue weighted by molar-refractivity contribution is -0.114. The van der Waals surface area contributed by atoms with Crippen molar-refractivity contribution in [2.75, 3.05) is 0 Å². The van der Waals surface area contributed by atoms with Crippen LogP contribution in [0.1, 0.15) is 0 Å². The molecule has 3 heteroatoms. The van der Waals surface area contributed by atoms with Crippen LogP contribution in [0, 0.1) is 0 Å². The van der Waals surface area contributed by atoms with Gasteiger partial charge < -0.3 is 0 Å². The van der Waals surface area contributed by atoms with Crippen molar-refractivity contribution in [1.82, 2.24) is 5.73 Å². The molecule has 1 amide bonds. The van der Waals surface area contributed by atoms with Gasteiger partial charge in [0.2, 0.25) is 0 Å². The summed E-state index contributed by atoms with van der Waals surface area (Å²) in [5.41, 5.74) is 6.20. The summed E-state index contributed by atoms with van der Waals surface area (Å²) in [6, 6.07) is 0. The summed E-state index contributed by atoms with van der Waals surface area (Å²) < 4.78 is 0. The van der Waals surface area contributed by atoms with Crippen LogP contribution >= 0.6 is 12.6 Å². The Labute approximate surface area is 41.4 Å². The molecule has 0 aliphatic rings. The molecule has 0 fully saturated rings. The van der Waals surface area contributed by atoms with Crippen LogP contribution in [0.2, 0.25) is 0 Å². The van der Waals surface area contributed by atoms with Crippen molar-refractivity contribution in [3.05, 3.63) is 11.5 Å². The highest BCUT2D eigenvalue weighted by Gasteiger charge is 1.75. The molecule has 0 saturated carbocycles. The Morgan fingerprint density at radius 3 is 2.33 bits per heavy atom. The molecule has 0 rings (SSSR count). The van der Waals surface area contributed by atoms with E-state index in [-0.39, 0.29) is 0 Å². The molecular weight excluding hydrogens is 98.1 g/mol. The number of nitrogens with one attached hydrogen (secondary N) is 1. The molecule has 0 aromatic heterocycles. The molecule has 0 unspecified atom stereocenters. The zero-order valence-corrected chi connectivity index (χ0v) is 3.90. The standard InChI is InChI=1S/C3H4NOS/c4-3(5)1-2-6/h1-2,4,6H. The summed E-state index contributed by atoms with van der Waals surface area (Å²) in [4.78, 5) is 9.57. The minimum Gasteiger partial charge on any atom is -0.268 e. The fraction of sp³-hybridized carbons (Fsp3) is 0. The van der Waals surface area contributed by atoms with Crippen molar-refractivity contribution in [2.45, 2.75) is 0 Å². The van der Waals surface area contributed by atoms with E-state index in [1.165, 1.54) is 5.41 Å². The molecule has 1 N–H and O–H groups in total. The van der Waals surface area contributed by atoms with E-state index in [0.717, 1.165) is 6.08 Å². The molecule has 0 spiro atoms. The van der Waals surface area contributed by atoms with Gasteiger partial charge >= 0.3 is 0 Å². The predicted octanol–water partition coefficient (Wildman–Crippen LogP) is 0.239. The van der Waals surface area contributed by atoms with Crippen LogP contribution in [-0.4, -0.2) is 5.91 Å². The van der Waals surface area contributed by atoms with Crippen LogP contribution in [0.15, 0.2) is 11.5 Å². The second-order valence-electron chi connectivity index (χ2n) is 0.680. The highest BCUT2D eigenvalue weighted by molar-refractivity contribution is 7.83. The number of carbonyl (C=O) groups excluding carboxylic acids is 1. The van der Waals surface area contributed by atoms with Gasteiger partial charge in [-0.2, -0.15) is 12.6 Å². The smallest absolute Gasteiger partial charge is 0.262 e. The maximum atomic E-state index is 9.57. The summed E-state index contributed by atoms with van der Waals surface area (Å²) in [6.45, 7) is 0. The number of amides is 1. The predicted molar refractivity (Wildman–Crippen MR) is 26.2 cm³/mol. The Hall–Kier alpha value is -0.440. The van der Waals surface area contributed by atoms with E-state index in [1.54, 1.807) is 0 Å². The molecule has 0 atom stereocenters. The van der Waals surface area contributed by atoms with E-state index < -0.39 is 5.91 Å². The van der Waals surface area contributed by atoms with E-state index in [9.17, 15) is 4.79 Å². The largest absolute Gasteiger partial charge is 0.268 e. The van der Waals surface area contributed by atoms with Crippen molar-refractivity contribution >= 4 is 18.5 Å².